The van der Waals surface area contributed by atoms with Gasteiger partial charge in [-0.25, -0.2) is 8.78 Å². The van der Waals surface area contributed by atoms with Crippen LogP contribution in [-0.2, 0) is 0 Å². The molecule has 18 heavy (non-hydrogen) atoms. The van der Waals surface area contributed by atoms with Crippen molar-refractivity contribution in [2.24, 2.45) is 0 Å². The van der Waals surface area contributed by atoms with Crippen LogP contribution in [0.25, 0.3) is 0 Å². The molecule has 4 nitrogen and oxygen atoms in total. The Bertz CT molecular complexity index is 384. The Balaban J connectivity index is 1.98. The quantitative estimate of drug-likeness (QED) is 0.903. The van der Waals surface area contributed by atoms with Crippen LogP contribution in [0.15, 0.2) is 4.42 Å². The van der Waals surface area contributed by atoms with Crippen LogP contribution in [0.1, 0.15) is 63.3 Å². The minimum Gasteiger partial charge on any atom is -0.423 e. The van der Waals surface area contributed by atoms with Crippen molar-refractivity contribution in [1.82, 2.24) is 15.5 Å². The van der Waals surface area contributed by atoms with Gasteiger partial charge in [-0.05, 0) is 26.3 Å². The van der Waals surface area contributed by atoms with Crippen molar-refractivity contribution in [3.8, 4) is 0 Å². The highest BCUT2D eigenvalue weighted by Crippen LogP contribution is 2.40. The summed E-state index contributed by atoms with van der Waals surface area (Å²) in [6, 6.07) is 0.00119. The molecule has 1 aromatic heterocycles. The number of hydrogen-bond acceptors (Lipinski definition) is 4. The van der Waals surface area contributed by atoms with Crippen LogP contribution in [0.5, 0.6) is 0 Å². The molecule has 1 aromatic rings. The van der Waals surface area contributed by atoms with Crippen LogP contribution < -0.4 is 5.32 Å². The minimum absolute atomic E-state index is 0.00119. The molecule has 0 aromatic carbocycles. The van der Waals surface area contributed by atoms with Gasteiger partial charge in [0.25, 0.3) is 0 Å². The summed E-state index contributed by atoms with van der Waals surface area (Å²) in [5, 5.41) is 11.1. The third-order valence-electron chi connectivity index (χ3n) is 3.40. The maximum Gasteiger partial charge on any atom is 0.248 e. The van der Waals surface area contributed by atoms with Gasteiger partial charge in [0.05, 0.1) is 6.04 Å². The molecule has 0 radical (unpaired) electrons. The first-order chi connectivity index (χ1) is 8.52. The van der Waals surface area contributed by atoms with Crippen LogP contribution in [0.4, 0.5) is 8.78 Å². The second-order valence-electron chi connectivity index (χ2n) is 4.89. The molecule has 1 heterocycles. The van der Waals surface area contributed by atoms with E-state index in [2.05, 4.69) is 15.5 Å². The monoisotopic (exact) mass is 259 g/mol. The summed E-state index contributed by atoms with van der Waals surface area (Å²) in [4.78, 5) is 0. The lowest BCUT2D eigenvalue weighted by Crippen LogP contribution is -2.23. The Morgan fingerprint density at radius 3 is 2.67 bits per heavy atom. The molecule has 1 fully saturated rings. The third-order valence-corrected chi connectivity index (χ3v) is 3.40. The molecule has 1 unspecified atom stereocenters. The van der Waals surface area contributed by atoms with E-state index in [9.17, 15) is 8.78 Å². The van der Waals surface area contributed by atoms with Gasteiger partial charge in [0, 0.05) is 18.8 Å². The number of aromatic nitrogens is 2. The van der Waals surface area contributed by atoms with E-state index in [1.165, 1.54) is 0 Å². The SMILES string of the molecule is CCNC(C)c1nnc(C2CCC(F)(F)CC2)o1. The molecule has 102 valence electrons. The van der Waals surface area contributed by atoms with E-state index in [1.54, 1.807) is 0 Å². The normalized spacial score (nSPS) is 22.0. The molecule has 1 saturated carbocycles. The lowest BCUT2D eigenvalue weighted by atomic mass is 9.87. The zero-order valence-corrected chi connectivity index (χ0v) is 10.7. The van der Waals surface area contributed by atoms with Crippen LogP contribution >= 0.6 is 0 Å². The summed E-state index contributed by atoms with van der Waals surface area (Å²) in [7, 11) is 0. The Hall–Kier alpha value is -1.04. The molecule has 1 atom stereocenters. The molecule has 0 amide bonds. The van der Waals surface area contributed by atoms with Crippen molar-refractivity contribution in [2.75, 3.05) is 6.54 Å². The van der Waals surface area contributed by atoms with Crippen LogP contribution in [0.3, 0.4) is 0 Å². The van der Waals surface area contributed by atoms with E-state index < -0.39 is 5.92 Å². The molecular formula is C12H19F2N3O. The van der Waals surface area contributed by atoms with Gasteiger partial charge in [-0.2, -0.15) is 0 Å². The summed E-state index contributed by atoms with van der Waals surface area (Å²) < 4.78 is 31.7. The largest absolute Gasteiger partial charge is 0.423 e. The molecule has 0 saturated heterocycles. The molecular weight excluding hydrogens is 240 g/mol. The molecule has 0 spiro atoms. The van der Waals surface area contributed by atoms with E-state index in [0.717, 1.165) is 6.54 Å². The summed E-state index contributed by atoms with van der Waals surface area (Å²) in [6.07, 6.45) is 0.671. The molecule has 1 aliphatic rings. The van der Waals surface area contributed by atoms with Crippen molar-refractivity contribution < 1.29 is 13.2 Å². The van der Waals surface area contributed by atoms with E-state index in [1.807, 2.05) is 13.8 Å². The van der Waals surface area contributed by atoms with E-state index in [0.29, 0.717) is 24.6 Å². The van der Waals surface area contributed by atoms with Crippen molar-refractivity contribution >= 4 is 0 Å². The lowest BCUT2D eigenvalue weighted by molar-refractivity contribution is -0.0399. The lowest BCUT2D eigenvalue weighted by Gasteiger charge is -2.25. The Labute approximate surface area is 105 Å². The second-order valence-corrected chi connectivity index (χ2v) is 4.89. The van der Waals surface area contributed by atoms with Crippen molar-refractivity contribution in [3.63, 3.8) is 0 Å². The average molecular weight is 259 g/mol. The smallest absolute Gasteiger partial charge is 0.248 e. The predicted octanol–water partition coefficient (Wildman–Crippen LogP) is 3.03. The van der Waals surface area contributed by atoms with Gasteiger partial charge < -0.3 is 9.73 Å². The third kappa shape index (κ3) is 3.04. The van der Waals surface area contributed by atoms with Crippen molar-refractivity contribution in [2.45, 2.75) is 57.4 Å². The topological polar surface area (TPSA) is 51.0 Å². The molecule has 0 bridgehead atoms. The fourth-order valence-corrected chi connectivity index (χ4v) is 2.27. The second kappa shape index (κ2) is 5.30. The summed E-state index contributed by atoms with van der Waals surface area (Å²) in [6.45, 7) is 4.75. The zero-order valence-electron chi connectivity index (χ0n) is 10.7. The maximum absolute atomic E-state index is 13.1. The number of halogens is 2. The van der Waals surface area contributed by atoms with Gasteiger partial charge in [0.15, 0.2) is 0 Å². The molecule has 2 rings (SSSR count). The highest BCUT2D eigenvalue weighted by atomic mass is 19.3. The molecule has 1 aliphatic carbocycles. The number of rotatable bonds is 4. The zero-order chi connectivity index (χ0) is 13.2. The highest BCUT2D eigenvalue weighted by Gasteiger charge is 2.37. The highest BCUT2D eigenvalue weighted by molar-refractivity contribution is 4.97. The summed E-state index contributed by atoms with van der Waals surface area (Å²) >= 11 is 0. The molecule has 1 N–H and O–H groups in total. The number of nitrogens with zero attached hydrogens (tertiary/aromatic N) is 2. The fraction of sp³-hybridized carbons (Fsp3) is 0.833. The predicted molar refractivity (Wildman–Crippen MR) is 62.5 cm³/mol. The van der Waals surface area contributed by atoms with E-state index in [-0.39, 0.29) is 24.8 Å². The van der Waals surface area contributed by atoms with Gasteiger partial charge in [-0.15, -0.1) is 10.2 Å². The van der Waals surface area contributed by atoms with Gasteiger partial charge in [-0.1, -0.05) is 6.92 Å². The van der Waals surface area contributed by atoms with Crippen LogP contribution in [0.2, 0.25) is 0 Å². The van der Waals surface area contributed by atoms with Gasteiger partial charge in [0.1, 0.15) is 0 Å². The Morgan fingerprint density at radius 2 is 2.06 bits per heavy atom. The standard InChI is InChI=1S/C12H19F2N3O/c1-3-15-8(2)10-16-17-11(18-10)9-4-6-12(13,14)7-5-9/h8-9,15H,3-7H2,1-2H3. The van der Waals surface area contributed by atoms with Crippen molar-refractivity contribution in [1.29, 1.82) is 0 Å². The van der Waals surface area contributed by atoms with Crippen LogP contribution in [-0.4, -0.2) is 22.7 Å². The number of alkyl halides is 2. The minimum atomic E-state index is -2.52. The summed E-state index contributed by atoms with van der Waals surface area (Å²) in [5.74, 6) is -1.50. The van der Waals surface area contributed by atoms with E-state index >= 15 is 0 Å². The van der Waals surface area contributed by atoms with Gasteiger partial charge in [-0.3, -0.25) is 0 Å². The average Bonchev–Trinajstić information content (AvgIpc) is 2.79. The molecule has 0 aliphatic heterocycles. The maximum atomic E-state index is 13.1. The molecule has 6 heteroatoms. The fourth-order valence-electron chi connectivity index (χ4n) is 2.27. The van der Waals surface area contributed by atoms with E-state index in [4.69, 9.17) is 4.42 Å². The van der Waals surface area contributed by atoms with Gasteiger partial charge in [0.2, 0.25) is 17.7 Å². The number of hydrogen-bond donors (Lipinski definition) is 1. The summed E-state index contributed by atoms with van der Waals surface area (Å²) in [5.41, 5.74) is 0. The van der Waals surface area contributed by atoms with Gasteiger partial charge >= 0.3 is 0 Å². The number of nitrogens with one attached hydrogen (secondary N) is 1. The van der Waals surface area contributed by atoms with Crippen molar-refractivity contribution in [3.05, 3.63) is 11.8 Å². The van der Waals surface area contributed by atoms with Crippen LogP contribution in [0, 0.1) is 0 Å². The first-order valence-corrected chi connectivity index (χ1v) is 6.46. The first-order valence-electron chi connectivity index (χ1n) is 6.46. The Morgan fingerprint density at radius 1 is 1.39 bits per heavy atom. The first kappa shape index (κ1) is 13.4. The Kier molecular flexibility index (Phi) is 3.94.